The minimum absolute atomic E-state index is 0.0190. The topological polar surface area (TPSA) is 73.6 Å². The summed E-state index contributed by atoms with van der Waals surface area (Å²) in [5, 5.41) is 2.75. The van der Waals surface area contributed by atoms with E-state index in [1.54, 1.807) is 7.11 Å². The van der Waals surface area contributed by atoms with E-state index < -0.39 is 6.04 Å². The fourth-order valence-electron chi connectivity index (χ4n) is 1.50. The molecule has 0 fully saturated rings. The smallest absolute Gasteiger partial charge is 0.243 e. The van der Waals surface area contributed by atoms with Crippen LogP contribution in [0.4, 0.5) is 5.69 Å². The van der Waals surface area contributed by atoms with Gasteiger partial charge in [0.1, 0.15) is 6.04 Å². The Morgan fingerprint density at radius 3 is 2.78 bits per heavy atom. The van der Waals surface area contributed by atoms with Crippen molar-refractivity contribution in [2.45, 2.75) is 19.1 Å². The minimum Gasteiger partial charge on any atom is -0.383 e. The van der Waals surface area contributed by atoms with Crippen LogP contribution in [0.3, 0.4) is 0 Å². The van der Waals surface area contributed by atoms with Crippen molar-refractivity contribution >= 4 is 11.6 Å². The quantitative estimate of drug-likeness (QED) is 0.800. The molecule has 0 heterocycles. The zero-order valence-corrected chi connectivity index (χ0v) is 11.0. The van der Waals surface area contributed by atoms with Crippen molar-refractivity contribution in [2.24, 2.45) is 5.73 Å². The standard InChI is InChI=1S/C13H20N2O3/c1-9(18-3)10-5-4-6-11(7-10)15-13(16)12(14)8-17-2/h4-7,9,12H,8,14H2,1-3H3,(H,15,16). The molecule has 5 nitrogen and oxygen atoms in total. The van der Waals surface area contributed by atoms with Crippen LogP contribution < -0.4 is 11.1 Å². The molecule has 5 heteroatoms. The first-order chi connectivity index (χ1) is 8.58. The summed E-state index contributed by atoms with van der Waals surface area (Å²) in [5.74, 6) is -0.265. The summed E-state index contributed by atoms with van der Waals surface area (Å²) in [6, 6.07) is 6.81. The number of benzene rings is 1. The second-order valence-corrected chi connectivity index (χ2v) is 4.05. The zero-order valence-electron chi connectivity index (χ0n) is 11.0. The van der Waals surface area contributed by atoms with Gasteiger partial charge >= 0.3 is 0 Å². The van der Waals surface area contributed by atoms with Crippen LogP contribution in [0.2, 0.25) is 0 Å². The van der Waals surface area contributed by atoms with Gasteiger partial charge in [0.15, 0.2) is 0 Å². The maximum atomic E-state index is 11.7. The molecule has 0 aliphatic rings. The van der Waals surface area contributed by atoms with Crippen LogP contribution in [-0.4, -0.2) is 32.8 Å². The summed E-state index contributed by atoms with van der Waals surface area (Å²) >= 11 is 0. The van der Waals surface area contributed by atoms with Crippen molar-refractivity contribution in [2.75, 3.05) is 26.1 Å². The molecule has 0 radical (unpaired) electrons. The van der Waals surface area contributed by atoms with Crippen LogP contribution in [0.15, 0.2) is 24.3 Å². The molecule has 0 bridgehead atoms. The Morgan fingerprint density at radius 1 is 1.44 bits per heavy atom. The number of hydrogen-bond donors (Lipinski definition) is 2. The highest BCUT2D eigenvalue weighted by molar-refractivity contribution is 5.94. The fraction of sp³-hybridized carbons (Fsp3) is 0.462. The number of carbonyl (C=O) groups is 1. The number of ether oxygens (including phenoxy) is 2. The first kappa shape index (κ1) is 14.6. The lowest BCUT2D eigenvalue weighted by Crippen LogP contribution is -2.39. The van der Waals surface area contributed by atoms with Gasteiger partial charge in [-0.15, -0.1) is 0 Å². The minimum atomic E-state index is -0.668. The van der Waals surface area contributed by atoms with Gasteiger partial charge < -0.3 is 20.5 Å². The molecule has 1 aromatic carbocycles. The lowest BCUT2D eigenvalue weighted by atomic mass is 10.1. The molecular weight excluding hydrogens is 232 g/mol. The maximum Gasteiger partial charge on any atom is 0.243 e. The molecule has 0 aliphatic heterocycles. The van der Waals surface area contributed by atoms with Gasteiger partial charge in [0.2, 0.25) is 5.91 Å². The molecule has 0 spiro atoms. The van der Waals surface area contributed by atoms with E-state index >= 15 is 0 Å². The van der Waals surface area contributed by atoms with Crippen LogP contribution in [-0.2, 0) is 14.3 Å². The second kappa shape index (κ2) is 7.10. The second-order valence-electron chi connectivity index (χ2n) is 4.05. The average molecular weight is 252 g/mol. The Hall–Kier alpha value is -1.43. The summed E-state index contributed by atoms with van der Waals surface area (Å²) in [4.78, 5) is 11.7. The Labute approximate surface area is 107 Å². The van der Waals surface area contributed by atoms with Crippen molar-refractivity contribution in [1.29, 1.82) is 0 Å². The van der Waals surface area contributed by atoms with Crippen LogP contribution in [0.5, 0.6) is 0 Å². The number of anilines is 1. The van der Waals surface area contributed by atoms with Crippen LogP contribution >= 0.6 is 0 Å². The summed E-state index contributed by atoms with van der Waals surface area (Å²) in [5.41, 5.74) is 7.34. The number of carbonyl (C=O) groups excluding carboxylic acids is 1. The van der Waals surface area contributed by atoms with Gasteiger partial charge in [0.05, 0.1) is 12.7 Å². The van der Waals surface area contributed by atoms with Crippen molar-refractivity contribution in [3.05, 3.63) is 29.8 Å². The van der Waals surface area contributed by atoms with E-state index in [0.29, 0.717) is 5.69 Å². The molecule has 1 amide bonds. The molecule has 0 saturated carbocycles. The number of nitrogens with two attached hydrogens (primary N) is 1. The number of nitrogens with one attached hydrogen (secondary N) is 1. The molecule has 1 rings (SSSR count). The summed E-state index contributed by atoms with van der Waals surface area (Å²) in [6.07, 6.45) is -0.0190. The molecule has 0 aromatic heterocycles. The third-order valence-corrected chi connectivity index (χ3v) is 2.66. The largest absolute Gasteiger partial charge is 0.383 e. The van der Waals surface area contributed by atoms with Crippen LogP contribution in [0.25, 0.3) is 0 Å². The van der Waals surface area contributed by atoms with E-state index in [1.165, 1.54) is 7.11 Å². The van der Waals surface area contributed by atoms with E-state index in [1.807, 2.05) is 31.2 Å². The Morgan fingerprint density at radius 2 is 2.17 bits per heavy atom. The predicted molar refractivity (Wildman–Crippen MR) is 70.3 cm³/mol. The van der Waals surface area contributed by atoms with Gasteiger partial charge in [-0.05, 0) is 24.6 Å². The SMILES string of the molecule is COCC(N)C(=O)Nc1cccc(C(C)OC)c1. The number of amides is 1. The Kier molecular flexibility index (Phi) is 5.77. The molecule has 18 heavy (non-hydrogen) atoms. The molecule has 1 aromatic rings. The number of methoxy groups -OCH3 is 2. The van der Waals surface area contributed by atoms with E-state index in [2.05, 4.69) is 5.32 Å². The summed E-state index contributed by atoms with van der Waals surface area (Å²) < 4.78 is 10.1. The van der Waals surface area contributed by atoms with Gasteiger partial charge in [0, 0.05) is 19.9 Å². The van der Waals surface area contributed by atoms with Gasteiger partial charge in [-0.3, -0.25) is 4.79 Å². The monoisotopic (exact) mass is 252 g/mol. The highest BCUT2D eigenvalue weighted by atomic mass is 16.5. The van der Waals surface area contributed by atoms with E-state index in [0.717, 1.165) is 5.56 Å². The molecule has 2 atom stereocenters. The molecule has 3 N–H and O–H groups in total. The maximum absolute atomic E-state index is 11.7. The normalized spacial score (nSPS) is 14.0. The van der Waals surface area contributed by atoms with Crippen molar-refractivity contribution < 1.29 is 14.3 Å². The van der Waals surface area contributed by atoms with Gasteiger partial charge in [-0.25, -0.2) is 0 Å². The van der Waals surface area contributed by atoms with Crippen molar-refractivity contribution in [3.63, 3.8) is 0 Å². The zero-order chi connectivity index (χ0) is 13.5. The third kappa shape index (κ3) is 4.10. The number of rotatable bonds is 6. The summed E-state index contributed by atoms with van der Waals surface area (Å²) in [6.45, 7) is 2.14. The van der Waals surface area contributed by atoms with Crippen LogP contribution in [0.1, 0.15) is 18.6 Å². The average Bonchev–Trinajstić information content (AvgIpc) is 2.38. The first-order valence-corrected chi connectivity index (χ1v) is 5.76. The van der Waals surface area contributed by atoms with E-state index in [-0.39, 0.29) is 18.6 Å². The Balaban J connectivity index is 2.70. The van der Waals surface area contributed by atoms with Gasteiger partial charge in [0.25, 0.3) is 0 Å². The summed E-state index contributed by atoms with van der Waals surface area (Å²) in [7, 11) is 3.15. The van der Waals surface area contributed by atoms with Crippen LogP contribution in [0, 0.1) is 0 Å². The molecule has 0 saturated heterocycles. The molecule has 100 valence electrons. The van der Waals surface area contributed by atoms with Crippen molar-refractivity contribution in [3.8, 4) is 0 Å². The van der Waals surface area contributed by atoms with E-state index in [9.17, 15) is 4.79 Å². The highest BCUT2D eigenvalue weighted by Gasteiger charge is 2.13. The lowest BCUT2D eigenvalue weighted by Gasteiger charge is -2.14. The van der Waals surface area contributed by atoms with Crippen molar-refractivity contribution in [1.82, 2.24) is 0 Å². The fourth-order valence-corrected chi connectivity index (χ4v) is 1.50. The first-order valence-electron chi connectivity index (χ1n) is 5.76. The molecule has 2 unspecified atom stereocenters. The Bertz CT molecular complexity index is 396. The van der Waals surface area contributed by atoms with Gasteiger partial charge in [-0.1, -0.05) is 12.1 Å². The third-order valence-electron chi connectivity index (χ3n) is 2.66. The lowest BCUT2D eigenvalue weighted by molar-refractivity contribution is -0.118. The van der Waals surface area contributed by atoms with E-state index in [4.69, 9.17) is 15.2 Å². The molecule has 0 aliphatic carbocycles. The molecular formula is C13H20N2O3. The highest BCUT2D eigenvalue weighted by Crippen LogP contribution is 2.19. The predicted octanol–water partition coefficient (Wildman–Crippen LogP) is 1.31. The number of hydrogen-bond acceptors (Lipinski definition) is 4. The van der Waals surface area contributed by atoms with Gasteiger partial charge in [-0.2, -0.15) is 0 Å².